The van der Waals surface area contributed by atoms with Crippen molar-refractivity contribution in [3.63, 3.8) is 0 Å². The SMILES string of the molecule is CCOCn1cc(NC(=O)/C=C/c2ccc(OC)c(COc3ccccc3)c2)cn1. The highest BCUT2D eigenvalue weighted by Gasteiger charge is 2.06. The summed E-state index contributed by atoms with van der Waals surface area (Å²) < 4.78 is 18.1. The number of benzene rings is 2. The predicted molar refractivity (Wildman–Crippen MR) is 115 cm³/mol. The number of nitrogens with one attached hydrogen (secondary N) is 1. The van der Waals surface area contributed by atoms with Crippen molar-refractivity contribution < 1.29 is 19.0 Å². The summed E-state index contributed by atoms with van der Waals surface area (Å²) in [5, 5.41) is 6.91. The molecule has 2 aromatic carbocycles. The van der Waals surface area contributed by atoms with Gasteiger partial charge in [-0.05, 0) is 42.8 Å². The normalized spacial score (nSPS) is 10.9. The van der Waals surface area contributed by atoms with Crippen LogP contribution in [-0.2, 0) is 22.9 Å². The first kappa shape index (κ1) is 21.1. The summed E-state index contributed by atoms with van der Waals surface area (Å²) in [6, 6.07) is 15.3. The zero-order chi connectivity index (χ0) is 21.2. The minimum absolute atomic E-state index is 0.246. The number of amides is 1. The summed E-state index contributed by atoms with van der Waals surface area (Å²) in [5.41, 5.74) is 2.36. The molecule has 0 aliphatic carbocycles. The number of methoxy groups -OCH3 is 1. The van der Waals surface area contributed by atoms with Crippen molar-refractivity contribution in [2.24, 2.45) is 0 Å². The molecule has 0 saturated carbocycles. The molecule has 0 atom stereocenters. The molecule has 1 N–H and O–H groups in total. The van der Waals surface area contributed by atoms with Crippen LogP contribution in [0, 0.1) is 0 Å². The molecule has 7 nitrogen and oxygen atoms in total. The largest absolute Gasteiger partial charge is 0.496 e. The maximum Gasteiger partial charge on any atom is 0.248 e. The zero-order valence-corrected chi connectivity index (χ0v) is 17.1. The number of anilines is 1. The summed E-state index contributed by atoms with van der Waals surface area (Å²) in [6.07, 6.45) is 6.51. The van der Waals surface area contributed by atoms with E-state index in [4.69, 9.17) is 14.2 Å². The van der Waals surface area contributed by atoms with Gasteiger partial charge in [-0.3, -0.25) is 4.79 Å². The van der Waals surface area contributed by atoms with E-state index in [1.54, 1.807) is 30.3 Å². The van der Waals surface area contributed by atoms with E-state index in [0.29, 0.717) is 25.6 Å². The van der Waals surface area contributed by atoms with Gasteiger partial charge in [0.2, 0.25) is 5.91 Å². The minimum atomic E-state index is -0.246. The molecule has 1 heterocycles. The number of nitrogens with zero attached hydrogens (tertiary/aromatic N) is 2. The van der Waals surface area contributed by atoms with Crippen LogP contribution in [0.3, 0.4) is 0 Å². The molecule has 0 unspecified atom stereocenters. The highest BCUT2D eigenvalue weighted by Crippen LogP contribution is 2.23. The van der Waals surface area contributed by atoms with Crippen molar-refractivity contribution >= 4 is 17.7 Å². The van der Waals surface area contributed by atoms with Crippen LogP contribution in [0.25, 0.3) is 6.08 Å². The Labute approximate surface area is 175 Å². The molecule has 30 heavy (non-hydrogen) atoms. The summed E-state index contributed by atoms with van der Waals surface area (Å²) in [7, 11) is 1.62. The van der Waals surface area contributed by atoms with E-state index >= 15 is 0 Å². The number of rotatable bonds is 10. The fraction of sp³-hybridized carbons (Fsp3) is 0.217. The lowest BCUT2D eigenvalue weighted by atomic mass is 10.1. The smallest absolute Gasteiger partial charge is 0.248 e. The number of carbonyl (C=O) groups excluding carboxylic acids is 1. The van der Waals surface area contributed by atoms with Crippen LogP contribution < -0.4 is 14.8 Å². The molecule has 0 radical (unpaired) electrons. The Hall–Kier alpha value is -3.58. The second kappa shape index (κ2) is 10.8. The van der Waals surface area contributed by atoms with Gasteiger partial charge in [-0.1, -0.05) is 24.3 Å². The third-order valence-corrected chi connectivity index (χ3v) is 4.20. The van der Waals surface area contributed by atoms with Gasteiger partial charge in [0.25, 0.3) is 0 Å². The van der Waals surface area contributed by atoms with Gasteiger partial charge in [-0.2, -0.15) is 5.10 Å². The van der Waals surface area contributed by atoms with E-state index in [9.17, 15) is 4.79 Å². The number of aromatic nitrogens is 2. The topological polar surface area (TPSA) is 74.6 Å². The molecule has 7 heteroatoms. The zero-order valence-electron chi connectivity index (χ0n) is 17.1. The maximum atomic E-state index is 12.2. The number of para-hydroxylation sites is 1. The highest BCUT2D eigenvalue weighted by atomic mass is 16.5. The first-order chi connectivity index (χ1) is 14.7. The Morgan fingerprint density at radius 2 is 2.03 bits per heavy atom. The highest BCUT2D eigenvalue weighted by molar-refractivity contribution is 6.01. The van der Waals surface area contributed by atoms with Crippen molar-refractivity contribution in [2.45, 2.75) is 20.3 Å². The van der Waals surface area contributed by atoms with Crippen LogP contribution in [0.4, 0.5) is 5.69 Å². The molecular weight excluding hydrogens is 382 g/mol. The Morgan fingerprint density at radius 3 is 2.80 bits per heavy atom. The van der Waals surface area contributed by atoms with Crippen molar-refractivity contribution in [1.82, 2.24) is 9.78 Å². The Morgan fingerprint density at radius 1 is 1.20 bits per heavy atom. The monoisotopic (exact) mass is 407 g/mol. The predicted octanol–water partition coefficient (Wildman–Crippen LogP) is 4.12. The molecular formula is C23H25N3O4. The molecule has 0 fully saturated rings. The van der Waals surface area contributed by atoms with Crippen LogP contribution in [0.2, 0.25) is 0 Å². The standard InChI is InChI=1S/C23H25N3O4/c1-3-29-17-26-15-20(14-24-26)25-23(27)12-10-18-9-11-22(28-2)19(13-18)16-30-21-7-5-4-6-8-21/h4-15H,3,16-17H2,1-2H3,(H,25,27)/b12-10+. The number of carbonyl (C=O) groups is 1. The molecule has 3 aromatic rings. The number of ether oxygens (including phenoxy) is 3. The van der Waals surface area contributed by atoms with Gasteiger partial charge in [-0.15, -0.1) is 0 Å². The second-order valence-corrected chi connectivity index (χ2v) is 6.39. The van der Waals surface area contributed by atoms with E-state index in [2.05, 4.69) is 10.4 Å². The third-order valence-electron chi connectivity index (χ3n) is 4.20. The summed E-state index contributed by atoms with van der Waals surface area (Å²) in [4.78, 5) is 12.2. The summed E-state index contributed by atoms with van der Waals surface area (Å²) in [5.74, 6) is 1.27. The lowest BCUT2D eigenvalue weighted by molar-refractivity contribution is -0.111. The molecule has 1 amide bonds. The molecule has 156 valence electrons. The van der Waals surface area contributed by atoms with Gasteiger partial charge < -0.3 is 19.5 Å². The maximum absolute atomic E-state index is 12.2. The second-order valence-electron chi connectivity index (χ2n) is 6.39. The van der Waals surface area contributed by atoms with Crippen molar-refractivity contribution in [3.8, 4) is 11.5 Å². The minimum Gasteiger partial charge on any atom is -0.496 e. The van der Waals surface area contributed by atoms with Gasteiger partial charge >= 0.3 is 0 Å². The van der Waals surface area contributed by atoms with Gasteiger partial charge in [0.15, 0.2) is 0 Å². The fourth-order valence-corrected chi connectivity index (χ4v) is 2.73. The summed E-state index contributed by atoms with van der Waals surface area (Å²) >= 11 is 0. The molecule has 0 spiro atoms. The van der Waals surface area contributed by atoms with Crippen LogP contribution in [0.5, 0.6) is 11.5 Å². The van der Waals surface area contributed by atoms with Crippen LogP contribution in [-0.4, -0.2) is 29.4 Å². The van der Waals surface area contributed by atoms with Gasteiger partial charge in [0.1, 0.15) is 24.8 Å². The van der Waals surface area contributed by atoms with Crippen molar-refractivity contribution in [3.05, 3.63) is 78.1 Å². The molecule has 0 bridgehead atoms. The van der Waals surface area contributed by atoms with Crippen LogP contribution >= 0.6 is 0 Å². The number of hydrogen-bond acceptors (Lipinski definition) is 5. The quantitative estimate of drug-likeness (QED) is 0.512. The lowest BCUT2D eigenvalue weighted by Gasteiger charge is -2.11. The third kappa shape index (κ3) is 6.22. The first-order valence-corrected chi connectivity index (χ1v) is 9.62. The van der Waals surface area contributed by atoms with E-state index in [1.807, 2.05) is 55.5 Å². The average Bonchev–Trinajstić information content (AvgIpc) is 3.22. The van der Waals surface area contributed by atoms with Gasteiger partial charge in [0.05, 0.1) is 25.2 Å². The van der Waals surface area contributed by atoms with E-state index in [-0.39, 0.29) is 5.91 Å². The molecule has 0 saturated heterocycles. The van der Waals surface area contributed by atoms with E-state index < -0.39 is 0 Å². The first-order valence-electron chi connectivity index (χ1n) is 9.62. The summed E-state index contributed by atoms with van der Waals surface area (Å²) in [6.45, 7) is 3.22. The van der Waals surface area contributed by atoms with Crippen molar-refractivity contribution in [1.29, 1.82) is 0 Å². The van der Waals surface area contributed by atoms with Crippen LogP contribution in [0.15, 0.2) is 67.0 Å². The molecule has 0 aliphatic rings. The van der Waals surface area contributed by atoms with E-state index in [0.717, 1.165) is 22.6 Å². The average molecular weight is 407 g/mol. The Balaban J connectivity index is 1.61. The van der Waals surface area contributed by atoms with Gasteiger partial charge in [-0.25, -0.2) is 4.68 Å². The van der Waals surface area contributed by atoms with Crippen LogP contribution in [0.1, 0.15) is 18.1 Å². The fourth-order valence-electron chi connectivity index (χ4n) is 2.73. The van der Waals surface area contributed by atoms with Crippen molar-refractivity contribution in [2.75, 3.05) is 19.0 Å². The molecule has 1 aromatic heterocycles. The molecule has 3 rings (SSSR count). The van der Waals surface area contributed by atoms with Gasteiger partial charge in [0, 0.05) is 18.2 Å². The number of hydrogen-bond donors (Lipinski definition) is 1. The molecule has 0 aliphatic heterocycles. The Bertz CT molecular complexity index is 983. The lowest BCUT2D eigenvalue weighted by Crippen LogP contribution is -2.07. The Kier molecular flexibility index (Phi) is 7.63. The van der Waals surface area contributed by atoms with E-state index in [1.165, 1.54) is 6.08 Å².